The number of aryl methyl sites for hydroxylation is 1. The summed E-state index contributed by atoms with van der Waals surface area (Å²) in [6.07, 6.45) is 7.11. The average molecular weight is 397 g/mol. The van der Waals surface area contributed by atoms with Crippen LogP contribution in [0.2, 0.25) is 0 Å². The minimum atomic E-state index is -0.0391. The summed E-state index contributed by atoms with van der Waals surface area (Å²) in [6.45, 7) is 6.44. The van der Waals surface area contributed by atoms with Gasteiger partial charge in [0, 0.05) is 25.2 Å². The predicted molar refractivity (Wildman–Crippen MR) is 110 cm³/mol. The van der Waals surface area contributed by atoms with Crippen molar-refractivity contribution in [2.24, 2.45) is 0 Å². The molecule has 1 saturated carbocycles. The third-order valence-electron chi connectivity index (χ3n) is 5.78. The molecule has 1 aliphatic carbocycles. The molecule has 1 N–H and O–H groups in total. The van der Waals surface area contributed by atoms with Crippen LogP contribution in [0, 0.1) is 0 Å². The Bertz CT molecular complexity index is 567. The lowest BCUT2D eigenvalue weighted by atomic mass is 9.79. The number of hydrogen-bond acceptors (Lipinski definition) is 4. The molecule has 0 aromatic heterocycles. The number of nitrogens with one attached hydrogen (secondary N) is 1. The Kier molecular flexibility index (Phi) is 8.87. The summed E-state index contributed by atoms with van der Waals surface area (Å²) in [5.74, 6) is 0.709. The minimum absolute atomic E-state index is 0. The molecule has 1 amide bonds. The molecule has 27 heavy (non-hydrogen) atoms. The summed E-state index contributed by atoms with van der Waals surface area (Å²) in [7, 11) is 0. The van der Waals surface area contributed by atoms with Crippen molar-refractivity contribution < 1.29 is 14.3 Å². The van der Waals surface area contributed by atoms with E-state index in [1.807, 2.05) is 24.3 Å². The summed E-state index contributed by atoms with van der Waals surface area (Å²) in [6, 6.07) is 7.95. The van der Waals surface area contributed by atoms with E-state index in [-0.39, 0.29) is 30.5 Å². The zero-order valence-electron chi connectivity index (χ0n) is 16.4. The molecule has 5 nitrogen and oxygen atoms in total. The number of halogens is 1. The van der Waals surface area contributed by atoms with Crippen molar-refractivity contribution in [3.8, 4) is 5.75 Å². The van der Waals surface area contributed by atoms with E-state index < -0.39 is 0 Å². The van der Waals surface area contributed by atoms with Crippen LogP contribution in [0.1, 0.15) is 44.6 Å². The molecule has 0 spiro atoms. The molecule has 2 fully saturated rings. The molecule has 2 aliphatic rings. The number of rotatable bonds is 7. The summed E-state index contributed by atoms with van der Waals surface area (Å²) in [5.41, 5.74) is 1.37. The van der Waals surface area contributed by atoms with Crippen molar-refractivity contribution in [3.63, 3.8) is 0 Å². The van der Waals surface area contributed by atoms with Gasteiger partial charge in [0.2, 0.25) is 0 Å². The molecule has 3 rings (SSSR count). The van der Waals surface area contributed by atoms with Gasteiger partial charge in [0.25, 0.3) is 5.91 Å². The summed E-state index contributed by atoms with van der Waals surface area (Å²) in [4.78, 5) is 14.9. The van der Waals surface area contributed by atoms with Gasteiger partial charge >= 0.3 is 0 Å². The van der Waals surface area contributed by atoms with Crippen LogP contribution in [0.25, 0.3) is 0 Å². The second-order valence-corrected chi connectivity index (χ2v) is 7.45. The van der Waals surface area contributed by atoms with Crippen molar-refractivity contribution in [2.75, 3.05) is 39.5 Å². The maximum atomic E-state index is 12.3. The van der Waals surface area contributed by atoms with Gasteiger partial charge in [0.15, 0.2) is 6.61 Å². The zero-order valence-corrected chi connectivity index (χ0v) is 17.2. The first kappa shape index (κ1) is 22.0. The standard InChI is InChI=1S/C21H32N2O3.ClH/c1-2-18-6-8-19(9-7-18)26-16-20(24)22-17-21(10-4-3-5-11-21)23-12-14-25-15-13-23;/h6-9H,2-5,10-17H2,1H3,(H,22,24);1H. The molecule has 1 heterocycles. The first-order chi connectivity index (χ1) is 12.7. The number of amides is 1. The smallest absolute Gasteiger partial charge is 0.258 e. The quantitative estimate of drug-likeness (QED) is 0.768. The van der Waals surface area contributed by atoms with Crippen molar-refractivity contribution in [1.82, 2.24) is 10.2 Å². The molecule has 1 aromatic rings. The van der Waals surface area contributed by atoms with Gasteiger partial charge in [-0.3, -0.25) is 9.69 Å². The molecule has 0 bridgehead atoms. The van der Waals surface area contributed by atoms with E-state index in [4.69, 9.17) is 9.47 Å². The van der Waals surface area contributed by atoms with Crippen molar-refractivity contribution in [2.45, 2.75) is 51.0 Å². The van der Waals surface area contributed by atoms with E-state index in [0.29, 0.717) is 6.54 Å². The Morgan fingerprint density at radius 3 is 2.44 bits per heavy atom. The highest BCUT2D eigenvalue weighted by Gasteiger charge is 2.38. The largest absolute Gasteiger partial charge is 0.484 e. The number of hydrogen-bond donors (Lipinski definition) is 1. The fourth-order valence-electron chi connectivity index (χ4n) is 4.14. The average Bonchev–Trinajstić information content (AvgIpc) is 2.72. The van der Waals surface area contributed by atoms with E-state index in [1.165, 1.54) is 24.8 Å². The van der Waals surface area contributed by atoms with Gasteiger partial charge in [-0.15, -0.1) is 12.4 Å². The van der Waals surface area contributed by atoms with Crippen LogP contribution in [0.5, 0.6) is 5.75 Å². The highest BCUT2D eigenvalue weighted by Crippen LogP contribution is 2.33. The maximum Gasteiger partial charge on any atom is 0.258 e. The fourth-order valence-corrected chi connectivity index (χ4v) is 4.14. The Balaban J connectivity index is 0.00000261. The third-order valence-corrected chi connectivity index (χ3v) is 5.78. The third kappa shape index (κ3) is 6.09. The lowest BCUT2D eigenvalue weighted by molar-refractivity contribution is -0.124. The first-order valence-electron chi connectivity index (χ1n) is 10.0. The molecular formula is C21H33ClN2O3. The number of ether oxygens (including phenoxy) is 2. The monoisotopic (exact) mass is 396 g/mol. The van der Waals surface area contributed by atoms with Crippen LogP contribution in [0.3, 0.4) is 0 Å². The lowest BCUT2D eigenvalue weighted by Gasteiger charge is -2.48. The molecule has 6 heteroatoms. The molecule has 1 aromatic carbocycles. The molecular weight excluding hydrogens is 364 g/mol. The van der Waals surface area contributed by atoms with Crippen molar-refractivity contribution in [3.05, 3.63) is 29.8 Å². The fraction of sp³-hybridized carbons (Fsp3) is 0.667. The van der Waals surface area contributed by atoms with Crippen LogP contribution >= 0.6 is 12.4 Å². The van der Waals surface area contributed by atoms with E-state index in [0.717, 1.165) is 51.3 Å². The Morgan fingerprint density at radius 1 is 1.15 bits per heavy atom. The highest BCUT2D eigenvalue weighted by molar-refractivity contribution is 5.85. The molecule has 0 unspecified atom stereocenters. The SMILES string of the molecule is CCc1ccc(OCC(=O)NCC2(N3CCOCC3)CCCCC2)cc1.Cl. The van der Waals surface area contributed by atoms with Crippen LogP contribution in [0.4, 0.5) is 0 Å². The lowest BCUT2D eigenvalue weighted by Crippen LogP contribution is -2.60. The summed E-state index contributed by atoms with van der Waals surface area (Å²) >= 11 is 0. The van der Waals surface area contributed by atoms with Gasteiger partial charge in [0.1, 0.15) is 5.75 Å². The van der Waals surface area contributed by atoms with Gasteiger partial charge in [-0.1, -0.05) is 38.3 Å². The second kappa shape index (κ2) is 10.9. The Morgan fingerprint density at radius 2 is 1.81 bits per heavy atom. The van der Waals surface area contributed by atoms with Crippen LogP contribution in [-0.4, -0.2) is 55.8 Å². The normalized spacial score (nSPS) is 19.7. The van der Waals surface area contributed by atoms with E-state index in [1.54, 1.807) is 0 Å². The van der Waals surface area contributed by atoms with Gasteiger partial charge in [-0.2, -0.15) is 0 Å². The highest BCUT2D eigenvalue weighted by atomic mass is 35.5. The molecule has 0 atom stereocenters. The topological polar surface area (TPSA) is 50.8 Å². The molecule has 0 radical (unpaired) electrons. The number of morpholine rings is 1. The number of carbonyl (C=O) groups excluding carboxylic acids is 1. The predicted octanol–water partition coefficient (Wildman–Crippen LogP) is 3.20. The number of benzene rings is 1. The van der Waals surface area contributed by atoms with E-state index in [2.05, 4.69) is 17.1 Å². The maximum absolute atomic E-state index is 12.3. The van der Waals surface area contributed by atoms with Crippen molar-refractivity contribution >= 4 is 18.3 Å². The summed E-state index contributed by atoms with van der Waals surface area (Å²) in [5, 5.41) is 3.14. The minimum Gasteiger partial charge on any atom is -0.484 e. The zero-order chi connectivity index (χ0) is 18.2. The number of nitrogens with zero attached hydrogens (tertiary/aromatic N) is 1. The van der Waals surface area contributed by atoms with Crippen LogP contribution in [-0.2, 0) is 16.0 Å². The van der Waals surface area contributed by atoms with Gasteiger partial charge < -0.3 is 14.8 Å². The number of carbonyl (C=O) groups is 1. The van der Waals surface area contributed by atoms with Crippen molar-refractivity contribution in [1.29, 1.82) is 0 Å². The Labute approximate surface area is 169 Å². The van der Waals surface area contributed by atoms with Crippen LogP contribution in [0.15, 0.2) is 24.3 Å². The van der Waals surface area contributed by atoms with Gasteiger partial charge in [0.05, 0.1) is 13.2 Å². The summed E-state index contributed by atoms with van der Waals surface area (Å²) < 4.78 is 11.2. The molecule has 1 saturated heterocycles. The van der Waals surface area contributed by atoms with Gasteiger partial charge in [-0.25, -0.2) is 0 Å². The van der Waals surface area contributed by atoms with Crippen LogP contribution < -0.4 is 10.1 Å². The first-order valence-corrected chi connectivity index (χ1v) is 10.0. The molecule has 152 valence electrons. The second-order valence-electron chi connectivity index (χ2n) is 7.45. The van der Waals surface area contributed by atoms with E-state index >= 15 is 0 Å². The van der Waals surface area contributed by atoms with E-state index in [9.17, 15) is 4.79 Å². The van der Waals surface area contributed by atoms with Gasteiger partial charge in [-0.05, 0) is 37.0 Å². The Hall–Kier alpha value is -1.30. The molecule has 1 aliphatic heterocycles.